The third-order valence-electron chi connectivity index (χ3n) is 5.34. The van der Waals surface area contributed by atoms with Gasteiger partial charge in [-0.25, -0.2) is 0 Å². The Kier molecular flexibility index (Phi) is 10.3. The van der Waals surface area contributed by atoms with Gasteiger partial charge in [0.1, 0.15) is 6.04 Å². The van der Waals surface area contributed by atoms with E-state index >= 15 is 0 Å². The van der Waals surface area contributed by atoms with Crippen molar-refractivity contribution < 1.29 is 9.59 Å². The van der Waals surface area contributed by atoms with Crippen molar-refractivity contribution in [2.24, 2.45) is 0 Å². The lowest BCUT2D eigenvalue weighted by molar-refractivity contribution is -0.140. The Morgan fingerprint density at radius 1 is 0.912 bits per heavy atom. The number of benzene rings is 3. The van der Waals surface area contributed by atoms with E-state index in [1.807, 2.05) is 67.6 Å². The number of likely N-dealkylation sites (N-methyl/N-ethyl adjacent to an activating group) is 1. The molecule has 0 spiro atoms. The number of carbonyl (C=O) groups is 2. The highest BCUT2D eigenvalue weighted by Crippen LogP contribution is 2.28. The number of amides is 2. The average Bonchev–Trinajstić information content (AvgIpc) is 2.84. The lowest BCUT2D eigenvalue weighted by Crippen LogP contribution is -2.50. The average molecular weight is 516 g/mol. The number of nitrogens with one attached hydrogen (secondary N) is 1. The van der Waals surface area contributed by atoms with Gasteiger partial charge in [0.25, 0.3) is 0 Å². The van der Waals surface area contributed by atoms with E-state index in [0.717, 1.165) is 10.5 Å². The molecule has 0 aromatic heterocycles. The van der Waals surface area contributed by atoms with Gasteiger partial charge in [-0.2, -0.15) is 0 Å². The molecule has 0 saturated carbocycles. The second-order valence-electron chi connectivity index (χ2n) is 7.73. The van der Waals surface area contributed by atoms with Crippen LogP contribution in [0.5, 0.6) is 0 Å². The number of nitrogens with zero attached hydrogens (tertiary/aromatic N) is 1. The smallest absolute Gasteiger partial charge is 0.243 e. The van der Waals surface area contributed by atoms with Crippen LogP contribution in [0.3, 0.4) is 0 Å². The molecule has 0 aliphatic heterocycles. The van der Waals surface area contributed by atoms with Crippen LogP contribution in [-0.2, 0) is 22.6 Å². The van der Waals surface area contributed by atoms with Crippen molar-refractivity contribution in [3.8, 4) is 0 Å². The van der Waals surface area contributed by atoms with Crippen LogP contribution in [0.4, 0.5) is 0 Å². The molecule has 34 heavy (non-hydrogen) atoms. The Balaban J connectivity index is 1.88. The predicted molar refractivity (Wildman–Crippen MR) is 141 cm³/mol. The number of thioether (sulfide) groups is 1. The monoisotopic (exact) mass is 514 g/mol. The van der Waals surface area contributed by atoms with Crippen LogP contribution in [0.15, 0.2) is 83.8 Å². The Bertz CT molecular complexity index is 1060. The van der Waals surface area contributed by atoms with E-state index in [0.29, 0.717) is 34.3 Å². The molecule has 0 bridgehead atoms. The number of hydrogen-bond acceptors (Lipinski definition) is 3. The summed E-state index contributed by atoms with van der Waals surface area (Å²) < 4.78 is 0. The van der Waals surface area contributed by atoms with Gasteiger partial charge in [-0.05, 0) is 36.8 Å². The lowest BCUT2D eigenvalue weighted by Gasteiger charge is -2.32. The molecule has 3 rings (SSSR count). The minimum Gasteiger partial charge on any atom is -0.355 e. The summed E-state index contributed by atoms with van der Waals surface area (Å²) in [4.78, 5) is 29.4. The minimum absolute atomic E-state index is 0.119. The topological polar surface area (TPSA) is 49.4 Å². The Morgan fingerprint density at radius 2 is 1.53 bits per heavy atom. The van der Waals surface area contributed by atoms with E-state index in [4.69, 9.17) is 23.2 Å². The zero-order chi connectivity index (χ0) is 24.3. The van der Waals surface area contributed by atoms with E-state index in [-0.39, 0.29) is 24.8 Å². The van der Waals surface area contributed by atoms with Gasteiger partial charge in [0, 0.05) is 52.2 Å². The summed E-state index contributed by atoms with van der Waals surface area (Å²) in [5.41, 5.74) is 1.61. The number of hydrogen-bond donors (Lipinski definition) is 1. The highest BCUT2D eigenvalue weighted by atomic mass is 35.5. The van der Waals surface area contributed by atoms with Crippen LogP contribution in [0.1, 0.15) is 24.5 Å². The molecule has 0 aliphatic carbocycles. The fourth-order valence-electron chi connectivity index (χ4n) is 3.62. The second-order valence-corrected chi connectivity index (χ2v) is 9.72. The van der Waals surface area contributed by atoms with Crippen molar-refractivity contribution in [2.75, 3.05) is 12.3 Å². The molecule has 0 fully saturated rings. The molecule has 1 atom stereocenters. The van der Waals surface area contributed by atoms with Crippen LogP contribution < -0.4 is 5.32 Å². The minimum atomic E-state index is -0.691. The first-order valence-electron chi connectivity index (χ1n) is 11.2. The number of carbonyl (C=O) groups excluding carboxylic acids is 2. The molecule has 4 nitrogen and oxygen atoms in total. The van der Waals surface area contributed by atoms with Gasteiger partial charge in [-0.1, -0.05) is 77.8 Å². The van der Waals surface area contributed by atoms with Crippen molar-refractivity contribution >= 4 is 46.8 Å². The summed E-state index contributed by atoms with van der Waals surface area (Å²) in [7, 11) is 0. The molecule has 178 valence electrons. The highest BCUT2D eigenvalue weighted by Gasteiger charge is 2.30. The van der Waals surface area contributed by atoms with E-state index in [9.17, 15) is 9.59 Å². The van der Waals surface area contributed by atoms with Gasteiger partial charge in [-0.15, -0.1) is 11.8 Å². The first kappa shape index (κ1) is 26.1. The maximum atomic E-state index is 13.5. The normalized spacial score (nSPS) is 11.6. The summed E-state index contributed by atoms with van der Waals surface area (Å²) in [6.07, 6.45) is 0.679. The Hall–Kier alpha value is -2.47. The fraction of sp³-hybridized carbons (Fsp3) is 0.259. The van der Waals surface area contributed by atoms with E-state index < -0.39 is 6.04 Å². The van der Waals surface area contributed by atoms with E-state index in [2.05, 4.69) is 5.32 Å². The van der Waals surface area contributed by atoms with Gasteiger partial charge in [-0.3, -0.25) is 9.59 Å². The largest absolute Gasteiger partial charge is 0.355 e. The zero-order valence-electron chi connectivity index (χ0n) is 19.0. The maximum absolute atomic E-state index is 13.5. The molecule has 2 amide bonds. The molecular formula is C27H28Cl2N2O2S. The molecule has 3 aromatic carbocycles. The molecule has 0 saturated heterocycles. The summed E-state index contributed by atoms with van der Waals surface area (Å²) in [6, 6.07) is 24.2. The zero-order valence-corrected chi connectivity index (χ0v) is 21.4. The van der Waals surface area contributed by atoms with E-state index in [1.165, 1.54) is 0 Å². The van der Waals surface area contributed by atoms with E-state index in [1.54, 1.807) is 34.9 Å². The third-order valence-corrected chi connectivity index (χ3v) is 7.06. The Morgan fingerprint density at radius 3 is 2.15 bits per heavy atom. The standard InChI is InChI=1S/C27H28Cl2N2O2S/c1-2-30-27(33)25(18-20-10-5-3-6-11-20)31(19-22-23(28)14-9-15-24(22)29)26(32)16-17-34-21-12-7-4-8-13-21/h3-15,25H,2,16-19H2,1H3,(H,30,33)/t25-/m0/s1. The van der Waals surface area contributed by atoms with Gasteiger partial charge < -0.3 is 10.2 Å². The van der Waals surface area contributed by atoms with Gasteiger partial charge >= 0.3 is 0 Å². The molecule has 0 unspecified atom stereocenters. The number of halogens is 2. The summed E-state index contributed by atoms with van der Waals surface area (Å²) >= 11 is 14.5. The highest BCUT2D eigenvalue weighted by molar-refractivity contribution is 7.99. The van der Waals surface area contributed by atoms with Crippen molar-refractivity contribution in [3.63, 3.8) is 0 Å². The summed E-state index contributed by atoms with van der Waals surface area (Å²) in [5.74, 6) is 0.286. The van der Waals surface area contributed by atoms with Crippen molar-refractivity contribution in [3.05, 3.63) is 100 Å². The first-order valence-corrected chi connectivity index (χ1v) is 13.0. The number of rotatable bonds is 11. The fourth-order valence-corrected chi connectivity index (χ4v) is 5.00. The van der Waals surface area contributed by atoms with Crippen LogP contribution in [0.2, 0.25) is 10.0 Å². The third kappa shape index (κ3) is 7.52. The van der Waals surface area contributed by atoms with Gasteiger partial charge in [0.2, 0.25) is 11.8 Å². The molecule has 7 heteroatoms. The van der Waals surface area contributed by atoms with Crippen LogP contribution in [0.25, 0.3) is 0 Å². The quantitative estimate of drug-likeness (QED) is 0.307. The predicted octanol–water partition coefficient (Wildman–Crippen LogP) is 6.25. The molecule has 0 radical (unpaired) electrons. The molecular weight excluding hydrogens is 487 g/mol. The van der Waals surface area contributed by atoms with Crippen molar-refractivity contribution in [2.45, 2.75) is 37.2 Å². The summed E-state index contributed by atoms with van der Waals surface area (Å²) in [5, 5.41) is 3.84. The lowest BCUT2D eigenvalue weighted by atomic mass is 10.0. The van der Waals surface area contributed by atoms with Crippen LogP contribution >= 0.6 is 35.0 Å². The summed E-state index contributed by atoms with van der Waals surface area (Å²) in [6.45, 7) is 2.50. The van der Waals surface area contributed by atoms with Crippen LogP contribution in [-0.4, -0.2) is 35.1 Å². The molecule has 1 N–H and O–H groups in total. The van der Waals surface area contributed by atoms with Crippen LogP contribution in [0, 0.1) is 0 Å². The van der Waals surface area contributed by atoms with Gasteiger partial charge in [0.05, 0.1) is 0 Å². The molecule has 3 aromatic rings. The second kappa shape index (κ2) is 13.4. The Labute approximate surface area is 215 Å². The van der Waals surface area contributed by atoms with Crippen molar-refractivity contribution in [1.82, 2.24) is 10.2 Å². The molecule has 0 aliphatic rings. The molecule has 0 heterocycles. The first-order chi connectivity index (χ1) is 16.5. The maximum Gasteiger partial charge on any atom is 0.243 e. The van der Waals surface area contributed by atoms with Gasteiger partial charge in [0.15, 0.2) is 0 Å². The SMILES string of the molecule is CCNC(=O)[C@H](Cc1ccccc1)N(Cc1c(Cl)cccc1Cl)C(=O)CCSc1ccccc1. The van der Waals surface area contributed by atoms with Crippen molar-refractivity contribution in [1.29, 1.82) is 0 Å².